The molecule has 0 aromatic heterocycles. The monoisotopic (exact) mass is 413 g/mol. The third-order valence-electron chi connectivity index (χ3n) is 3.86. The van der Waals surface area contributed by atoms with E-state index in [4.69, 9.17) is 4.74 Å². The number of esters is 1. The number of hydrogen-bond acceptors (Lipinski definition) is 4. The summed E-state index contributed by atoms with van der Waals surface area (Å²) < 4.78 is 31.4. The van der Waals surface area contributed by atoms with Crippen molar-refractivity contribution in [3.05, 3.63) is 96.1 Å². The number of ether oxygens (including phenoxy) is 1. The molecule has 0 aliphatic rings. The molecule has 0 saturated heterocycles. The SMILES string of the molecule is O=C(COC(=O)[C@H](Sc1ccccc1)c1ccccc1)Nc1ccc(F)c(F)c1. The maximum absolute atomic E-state index is 13.2. The van der Waals surface area contributed by atoms with Crippen LogP contribution >= 0.6 is 11.8 Å². The Labute approximate surface area is 170 Å². The summed E-state index contributed by atoms with van der Waals surface area (Å²) in [6.07, 6.45) is 0. The van der Waals surface area contributed by atoms with Crippen molar-refractivity contribution in [3.63, 3.8) is 0 Å². The summed E-state index contributed by atoms with van der Waals surface area (Å²) in [6.45, 7) is -0.545. The molecule has 0 radical (unpaired) electrons. The largest absolute Gasteiger partial charge is 0.454 e. The van der Waals surface area contributed by atoms with Gasteiger partial charge in [0.05, 0.1) is 0 Å². The van der Waals surface area contributed by atoms with Gasteiger partial charge < -0.3 is 10.1 Å². The molecule has 148 valence electrons. The lowest BCUT2D eigenvalue weighted by atomic mass is 10.1. The fourth-order valence-electron chi connectivity index (χ4n) is 2.50. The quantitative estimate of drug-likeness (QED) is 0.438. The Kier molecular flexibility index (Phi) is 6.97. The number of rotatable bonds is 7. The van der Waals surface area contributed by atoms with Crippen LogP contribution in [-0.2, 0) is 14.3 Å². The molecular formula is C22H17F2NO3S. The number of anilines is 1. The molecule has 0 fully saturated rings. The third-order valence-corrected chi connectivity index (χ3v) is 5.11. The minimum atomic E-state index is -1.08. The highest BCUT2D eigenvalue weighted by molar-refractivity contribution is 8.00. The minimum absolute atomic E-state index is 0.0724. The lowest BCUT2D eigenvalue weighted by Crippen LogP contribution is -2.23. The fourth-order valence-corrected chi connectivity index (χ4v) is 3.54. The molecule has 3 aromatic rings. The molecule has 0 heterocycles. The number of nitrogens with one attached hydrogen (secondary N) is 1. The molecule has 4 nitrogen and oxygen atoms in total. The lowest BCUT2D eigenvalue weighted by Gasteiger charge is -2.16. The molecule has 3 aromatic carbocycles. The van der Waals surface area contributed by atoms with Crippen LogP contribution in [-0.4, -0.2) is 18.5 Å². The molecule has 1 amide bonds. The van der Waals surface area contributed by atoms with E-state index in [2.05, 4.69) is 5.32 Å². The van der Waals surface area contributed by atoms with Crippen LogP contribution in [0.4, 0.5) is 14.5 Å². The van der Waals surface area contributed by atoms with Crippen LogP contribution in [0.5, 0.6) is 0 Å². The van der Waals surface area contributed by atoms with Gasteiger partial charge in [0, 0.05) is 16.6 Å². The number of benzene rings is 3. The smallest absolute Gasteiger partial charge is 0.324 e. The van der Waals surface area contributed by atoms with Crippen molar-refractivity contribution in [3.8, 4) is 0 Å². The Morgan fingerprint density at radius 1 is 0.897 bits per heavy atom. The van der Waals surface area contributed by atoms with Crippen LogP contribution in [0.1, 0.15) is 10.8 Å². The van der Waals surface area contributed by atoms with E-state index < -0.39 is 35.4 Å². The van der Waals surface area contributed by atoms with Crippen molar-refractivity contribution < 1.29 is 23.1 Å². The van der Waals surface area contributed by atoms with E-state index in [0.717, 1.165) is 22.6 Å². The first-order valence-corrected chi connectivity index (χ1v) is 9.59. The molecule has 3 rings (SSSR count). The van der Waals surface area contributed by atoms with Gasteiger partial charge in [-0.2, -0.15) is 0 Å². The summed E-state index contributed by atoms with van der Waals surface area (Å²) >= 11 is 1.31. The first kappa shape index (κ1) is 20.5. The average molecular weight is 413 g/mol. The number of amides is 1. The van der Waals surface area contributed by atoms with Crippen molar-refractivity contribution in [2.75, 3.05) is 11.9 Å². The van der Waals surface area contributed by atoms with Crippen LogP contribution < -0.4 is 5.32 Å². The maximum Gasteiger partial charge on any atom is 0.324 e. The topological polar surface area (TPSA) is 55.4 Å². The lowest BCUT2D eigenvalue weighted by molar-refractivity contribution is -0.146. The zero-order valence-corrected chi connectivity index (χ0v) is 16.0. The first-order valence-electron chi connectivity index (χ1n) is 8.71. The van der Waals surface area contributed by atoms with E-state index >= 15 is 0 Å². The van der Waals surface area contributed by atoms with Crippen LogP contribution in [0.3, 0.4) is 0 Å². The summed E-state index contributed by atoms with van der Waals surface area (Å²) in [6, 6.07) is 21.4. The van der Waals surface area contributed by atoms with Gasteiger partial charge in [0.2, 0.25) is 0 Å². The highest BCUT2D eigenvalue weighted by Crippen LogP contribution is 2.36. The molecule has 1 atom stereocenters. The molecule has 7 heteroatoms. The predicted octanol–water partition coefficient (Wildman–Crippen LogP) is 4.98. The highest BCUT2D eigenvalue weighted by atomic mass is 32.2. The maximum atomic E-state index is 13.2. The molecule has 1 N–H and O–H groups in total. The van der Waals surface area contributed by atoms with E-state index in [1.807, 2.05) is 60.7 Å². The number of carbonyl (C=O) groups is 2. The molecule has 0 aliphatic heterocycles. The Morgan fingerprint density at radius 2 is 1.55 bits per heavy atom. The van der Waals surface area contributed by atoms with Gasteiger partial charge in [0.15, 0.2) is 18.2 Å². The average Bonchev–Trinajstić information content (AvgIpc) is 2.74. The summed E-state index contributed by atoms with van der Waals surface area (Å²) in [5.41, 5.74) is 0.815. The summed E-state index contributed by atoms with van der Waals surface area (Å²) in [5, 5.41) is 1.71. The van der Waals surface area contributed by atoms with Crippen molar-refractivity contribution in [1.82, 2.24) is 0 Å². The second-order valence-corrected chi connectivity index (χ2v) is 7.18. The van der Waals surface area contributed by atoms with Crippen molar-refractivity contribution in [1.29, 1.82) is 0 Å². The summed E-state index contributed by atoms with van der Waals surface area (Å²) in [5.74, 6) is -3.33. The molecule has 0 saturated carbocycles. The second-order valence-electron chi connectivity index (χ2n) is 6.01. The highest BCUT2D eigenvalue weighted by Gasteiger charge is 2.24. The molecule has 0 unspecified atom stereocenters. The second kappa shape index (κ2) is 9.84. The number of halogens is 2. The van der Waals surface area contributed by atoms with Crippen LogP contribution in [0, 0.1) is 11.6 Å². The predicted molar refractivity (Wildman–Crippen MR) is 107 cm³/mol. The number of thioether (sulfide) groups is 1. The van der Waals surface area contributed by atoms with Crippen molar-refractivity contribution >= 4 is 29.3 Å². The van der Waals surface area contributed by atoms with Gasteiger partial charge in [-0.05, 0) is 29.8 Å². The van der Waals surface area contributed by atoms with E-state index in [1.165, 1.54) is 17.8 Å². The van der Waals surface area contributed by atoms with Crippen LogP contribution in [0.15, 0.2) is 83.8 Å². The number of hydrogen-bond donors (Lipinski definition) is 1. The molecule has 29 heavy (non-hydrogen) atoms. The van der Waals surface area contributed by atoms with Crippen molar-refractivity contribution in [2.24, 2.45) is 0 Å². The van der Waals surface area contributed by atoms with Crippen molar-refractivity contribution in [2.45, 2.75) is 10.1 Å². The zero-order chi connectivity index (χ0) is 20.6. The Bertz CT molecular complexity index is 984. The molecule has 0 aliphatic carbocycles. The first-order chi connectivity index (χ1) is 14.0. The van der Waals surface area contributed by atoms with E-state index in [9.17, 15) is 18.4 Å². The van der Waals surface area contributed by atoms with E-state index in [-0.39, 0.29) is 5.69 Å². The van der Waals surface area contributed by atoms with E-state index in [1.54, 1.807) is 0 Å². The molecule has 0 bridgehead atoms. The fraction of sp³-hybridized carbons (Fsp3) is 0.0909. The normalized spacial score (nSPS) is 11.5. The number of carbonyl (C=O) groups excluding carboxylic acids is 2. The van der Waals surface area contributed by atoms with E-state index in [0.29, 0.717) is 0 Å². The van der Waals surface area contributed by atoms with Gasteiger partial charge in [0.1, 0.15) is 5.25 Å². The molecular weight excluding hydrogens is 396 g/mol. The third kappa shape index (κ3) is 5.89. The Balaban J connectivity index is 1.64. The van der Waals surface area contributed by atoms with Gasteiger partial charge in [-0.15, -0.1) is 11.8 Å². The minimum Gasteiger partial charge on any atom is -0.454 e. The standard InChI is InChI=1S/C22H17F2NO3S/c23-18-12-11-16(13-19(18)24)25-20(26)14-28-22(27)21(15-7-3-1-4-8-15)29-17-9-5-2-6-10-17/h1-13,21H,14H2,(H,25,26)/t21-/m1/s1. The van der Waals surface area contributed by atoms with Gasteiger partial charge in [-0.1, -0.05) is 48.5 Å². The van der Waals surface area contributed by atoms with Crippen LogP contribution in [0.25, 0.3) is 0 Å². The Hall–Kier alpha value is -3.19. The van der Waals surface area contributed by atoms with Crippen LogP contribution in [0.2, 0.25) is 0 Å². The molecule has 0 spiro atoms. The summed E-state index contributed by atoms with van der Waals surface area (Å²) in [4.78, 5) is 25.6. The zero-order valence-electron chi connectivity index (χ0n) is 15.2. The van der Waals surface area contributed by atoms with Gasteiger partial charge in [-0.3, -0.25) is 9.59 Å². The summed E-state index contributed by atoms with van der Waals surface area (Å²) in [7, 11) is 0. The van der Waals surface area contributed by atoms with Gasteiger partial charge in [-0.25, -0.2) is 8.78 Å². The van der Waals surface area contributed by atoms with Gasteiger partial charge >= 0.3 is 5.97 Å². The van der Waals surface area contributed by atoms with Gasteiger partial charge in [0.25, 0.3) is 5.91 Å². The Morgan fingerprint density at radius 3 is 2.21 bits per heavy atom.